The third-order valence-corrected chi connectivity index (χ3v) is 4.81. The molecule has 1 aliphatic carbocycles. The van der Waals surface area contributed by atoms with Gasteiger partial charge in [0.25, 0.3) is 0 Å². The summed E-state index contributed by atoms with van der Waals surface area (Å²) >= 11 is 0. The fourth-order valence-electron chi connectivity index (χ4n) is 3.57. The van der Waals surface area contributed by atoms with Crippen molar-refractivity contribution in [2.45, 2.75) is 45.2 Å². The number of aromatic nitrogens is 1. The van der Waals surface area contributed by atoms with Crippen LogP contribution in [0.25, 0.3) is 10.9 Å². The molecule has 0 radical (unpaired) electrons. The van der Waals surface area contributed by atoms with E-state index in [0.717, 1.165) is 36.9 Å². The quantitative estimate of drug-likeness (QED) is 0.912. The molecule has 2 aromatic rings. The molecule has 1 aromatic heterocycles. The highest BCUT2D eigenvalue weighted by atomic mass is 16.3. The van der Waals surface area contributed by atoms with Gasteiger partial charge in [0, 0.05) is 29.8 Å². The molecule has 1 amide bonds. The fraction of sp³-hybridized carbons (Fsp3) is 0.500. The number of amides is 1. The molecule has 22 heavy (non-hydrogen) atoms. The van der Waals surface area contributed by atoms with Gasteiger partial charge in [-0.15, -0.1) is 0 Å². The van der Waals surface area contributed by atoms with Crippen molar-refractivity contribution >= 4 is 16.8 Å². The van der Waals surface area contributed by atoms with Gasteiger partial charge in [0.1, 0.15) is 6.54 Å². The largest absolute Gasteiger partial charge is 0.396 e. The van der Waals surface area contributed by atoms with Gasteiger partial charge >= 0.3 is 0 Å². The number of carbonyl (C=O) groups excluding carboxylic acids is 1. The summed E-state index contributed by atoms with van der Waals surface area (Å²) in [4.78, 5) is 12.4. The van der Waals surface area contributed by atoms with E-state index in [1.54, 1.807) is 0 Å². The highest BCUT2D eigenvalue weighted by Gasteiger charge is 2.25. The number of rotatable bonds is 4. The van der Waals surface area contributed by atoms with Crippen LogP contribution in [0.2, 0.25) is 0 Å². The second-order valence-electron chi connectivity index (χ2n) is 6.33. The molecule has 2 atom stereocenters. The molecule has 0 spiro atoms. The van der Waals surface area contributed by atoms with E-state index in [1.165, 1.54) is 5.39 Å². The van der Waals surface area contributed by atoms with Crippen molar-refractivity contribution in [3.63, 3.8) is 0 Å². The van der Waals surface area contributed by atoms with Gasteiger partial charge in [0.05, 0.1) is 0 Å². The predicted molar refractivity (Wildman–Crippen MR) is 87.6 cm³/mol. The van der Waals surface area contributed by atoms with Crippen LogP contribution < -0.4 is 5.32 Å². The summed E-state index contributed by atoms with van der Waals surface area (Å²) in [5.41, 5.74) is 2.19. The molecule has 1 heterocycles. The predicted octanol–water partition coefficient (Wildman–Crippen LogP) is 2.62. The zero-order valence-electron chi connectivity index (χ0n) is 13.1. The van der Waals surface area contributed by atoms with Gasteiger partial charge in [-0.2, -0.15) is 0 Å². The minimum Gasteiger partial charge on any atom is -0.396 e. The minimum absolute atomic E-state index is 0.0369. The maximum atomic E-state index is 12.4. The Hall–Kier alpha value is -1.81. The molecule has 1 fully saturated rings. The normalized spacial score (nSPS) is 21.9. The number of aryl methyl sites for hydroxylation is 1. The first-order valence-electron chi connectivity index (χ1n) is 8.14. The highest BCUT2D eigenvalue weighted by molar-refractivity contribution is 5.84. The standard InChI is InChI=1S/C18H24N2O2/c1-13-10-14-6-3-5-9-17(14)20(13)11-18(22)19-16-8-4-2-7-15(16)12-21/h3,5-6,9-10,15-16,21H,2,4,7-8,11-12H2,1H3,(H,19,22). The Kier molecular flexibility index (Phi) is 4.48. The van der Waals surface area contributed by atoms with Crippen LogP contribution in [0.1, 0.15) is 31.4 Å². The van der Waals surface area contributed by atoms with E-state index < -0.39 is 0 Å². The number of para-hydroxylation sites is 1. The number of benzene rings is 1. The van der Waals surface area contributed by atoms with Crippen LogP contribution in [0, 0.1) is 12.8 Å². The zero-order valence-corrected chi connectivity index (χ0v) is 13.1. The van der Waals surface area contributed by atoms with Gasteiger partial charge in [-0.1, -0.05) is 31.0 Å². The number of nitrogens with one attached hydrogen (secondary N) is 1. The lowest BCUT2D eigenvalue weighted by atomic mass is 9.85. The molecular weight excluding hydrogens is 276 g/mol. The molecule has 0 saturated heterocycles. The van der Waals surface area contributed by atoms with Crippen molar-refractivity contribution in [3.8, 4) is 0 Å². The maximum Gasteiger partial charge on any atom is 0.240 e. The monoisotopic (exact) mass is 300 g/mol. The SMILES string of the molecule is Cc1cc2ccccc2n1CC(=O)NC1CCCCC1CO. The molecule has 1 saturated carbocycles. The molecule has 0 bridgehead atoms. The topological polar surface area (TPSA) is 54.3 Å². The number of nitrogens with zero attached hydrogens (tertiary/aromatic N) is 1. The van der Waals surface area contributed by atoms with Crippen LogP contribution in [-0.2, 0) is 11.3 Å². The average molecular weight is 300 g/mol. The number of aliphatic hydroxyl groups excluding tert-OH is 1. The number of hydrogen-bond acceptors (Lipinski definition) is 2. The second-order valence-corrected chi connectivity index (χ2v) is 6.33. The number of carbonyl (C=O) groups is 1. The third kappa shape index (κ3) is 3.02. The smallest absolute Gasteiger partial charge is 0.240 e. The maximum absolute atomic E-state index is 12.4. The second kappa shape index (κ2) is 6.53. The zero-order chi connectivity index (χ0) is 15.5. The van der Waals surface area contributed by atoms with Crippen molar-refractivity contribution in [1.82, 2.24) is 9.88 Å². The summed E-state index contributed by atoms with van der Waals surface area (Å²) in [6.07, 6.45) is 4.27. The van der Waals surface area contributed by atoms with Crippen molar-refractivity contribution in [1.29, 1.82) is 0 Å². The molecular formula is C18H24N2O2. The molecule has 1 aliphatic rings. The number of fused-ring (bicyclic) bond motifs is 1. The van der Waals surface area contributed by atoms with Gasteiger partial charge in [-0.3, -0.25) is 4.79 Å². The highest BCUT2D eigenvalue weighted by Crippen LogP contribution is 2.24. The minimum atomic E-state index is 0.0369. The van der Waals surface area contributed by atoms with Crippen LogP contribution in [0.5, 0.6) is 0 Å². The molecule has 4 nitrogen and oxygen atoms in total. The summed E-state index contributed by atoms with van der Waals surface area (Å²) in [5, 5.41) is 13.8. The molecule has 2 N–H and O–H groups in total. The van der Waals surface area contributed by atoms with E-state index in [4.69, 9.17) is 0 Å². The van der Waals surface area contributed by atoms with Gasteiger partial charge in [0.2, 0.25) is 5.91 Å². The van der Waals surface area contributed by atoms with Gasteiger partial charge < -0.3 is 15.0 Å². The van der Waals surface area contributed by atoms with E-state index >= 15 is 0 Å². The summed E-state index contributed by atoms with van der Waals surface area (Å²) in [6.45, 7) is 2.54. The lowest BCUT2D eigenvalue weighted by Crippen LogP contribution is -2.44. The van der Waals surface area contributed by atoms with E-state index in [9.17, 15) is 9.90 Å². The Morgan fingerprint density at radius 2 is 2.09 bits per heavy atom. The Labute approximate surface area is 131 Å². The summed E-state index contributed by atoms with van der Waals surface area (Å²) in [5.74, 6) is 0.245. The van der Waals surface area contributed by atoms with Crippen LogP contribution >= 0.6 is 0 Å². The Morgan fingerprint density at radius 3 is 2.91 bits per heavy atom. The molecule has 1 aromatic carbocycles. The van der Waals surface area contributed by atoms with Crippen molar-refractivity contribution < 1.29 is 9.90 Å². The van der Waals surface area contributed by atoms with E-state index in [-0.39, 0.29) is 24.5 Å². The van der Waals surface area contributed by atoms with E-state index in [1.807, 2.05) is 25.1 Å². The fourth-order valence-corrected chi connectivity index (χ4v) is 3.57. The van der Waals surface area contributed by atoms with Gasteiger partial charge in [-0.25, -0.2) is 0 Å². The lowest BCUT2D eigenvalue weighted by molar-refractivity contribution is -0.123. The molecule has 2 unspecified atom stereocenters. The van der Waals surface area contributed by atoms with Crippen molar-refractivity contribution in [3.05, 3.63) is 36.0 Å². The summed E-state index contributed by atoms with van der Waals surface area (Å²) < 4.78 is 2.06. The van der Waals surface area contributed by atoms with Crippen molar-refractivity contribution in [2.75, 3.05) is 6.61 Å². The van der Waals surface area contributed by atoms with E-state index in [2.05, 4.69) is 22.0 Å². The number of aliphatic hydroxyl groups is 1. The number of hydrogen-bond donors (Lipinski definition) is 2. The summed E-state index contributed by atoms with van der Waals surface area (Å²) in [7, 11) is 0. The Bertz CT molecular complexity index is 662. The first-order valence-corrected chi connectivity index (χ1v) is 8.14. The molecule has 3 rings (SSSR count). The van der Waals surface area contributed by atoms with Crippen LogP contribution in [0.15, 0.2) is 30.3 Å². The summed E-state index contributed by atoms with van der Waals surface area (Å²) in [6, 6.07) is 10.4. The van der Waals surface area contributed by atoms with Gasteiger partial charge in [-0.05, 0) is 37.3 Å². The van der Waals surface area contributed by atoms with Crippen molar-refractivity contribution in [2.24, 2.45) is 5.92 Å². The van der Waals surface area contributed by atoms with Gasteiger partial charge in [0.15, 0.2) is 0 Å². The van der Waals surface area contributed by atoms with Crippen LogP contribution in [0.3, 0.4) is 0 Å². The Morgan fingerprint density at radius 1 is 1.32 bits per heavy atom. The Balaban J connectivity index is 1.72. The lowest BCUT2D eigenvalue weighted by Gasteiger charge is -2.31. The molecule has 118 valence electrons. The van der Waals surface area contributed by atoms with E-state index in [0.29, 0.717) is 6.54 Å². The molecule has 4 heteroatoms. The van der Waals surface area contributed by atoms with Crippen LogP contribution in [-0.4, -0.2) is 28.2 Å². The van der Waals surface area contributed by atoms with Crippen LogP contribution in [0.4, 0.5) is 0 Å². The first kappa shape index (κ1) is 15.1. The average Bonchev–Trinajstić information content (AvgIpc) is 2.84. The third-order valence-electron chi connectivity index (χ3n) is 4.81. The molecule has 0 aliphatic heterocycles. The first-order chi connectivity index (χ1) is 10.7.